The van der Waals surface area contributed by atoms with Crippen molar-refractivity contribution in [2.24, 2.45) is 11.7 Å². The molecule has 4 nitrogen and oxygen atoms in total. The van der Waals surface area contributed by atoms with E-state index in [9.17, 15) is 4.79 Å². The van der Waals surface area contributed by atoms with Crippen LogP contribution >= 0.6 is 0 Å². The van der Waals surface area contributed by atoms with Gasteiger partial charge >= 0.3 is 0 Å². The summed E-state index contributed by atoms with van der Waals surface area (Å²) in [6, 6.07) is 3.31. The summed E-state index contributed by atoms with van der Waals surface area (Å²) < 4.78 is 0. The molecule has 2 atom stereocenters. The van der Waals surface area contributed by atoms with Gasteiger partial charge in [-0.2, -0.15) is 0 Å². The summed E-state index contributed by atoms with van der Waals surface area (Å²) in [6.07, 6.45) is 4.13. The molecule has 1 amide bonds. The Morgan fingerprint density at radius 2 is 1.94 bits per heavy atom. The zero-order valence-corrected chi connectivity index (χ0v) is 10.7. The molecule has 17 heavy (non-hydrogen) atoms. The summed E-state index contributed by atoms with van der Waals surface area (Å²) in [6.45, 7) is 6.05. The molecule has 0 aliphatic heterocycles. The van der Waals surface area contributed by atoms with Crippen molar-refractivity contribution in [3.63, 3.8) is 0 Å². The minimum Gasteiger partial charge on any atom is -0.348 e. The second-order valence-electron chi connectivity index (χ2n) is 4.75. The number of amides is 1. The Bertz CT molecular complexity index is 351. The third-order valence-corrected chi connectivity index (χ3v) is 2.63. The molecule has 1 rings (SSSR count). The van der Waals surface area contributed by atoms with Crippen molar-refractivity contribution in [1.82, 2.24) is 10.3 Å². The molecule has 0 spiro atoms. The standard InChI is InChI=1S/C13H21N3O/c1-9(2)8-12(14)13(17)16-10(3)11-4-6-15-7-5-11/h4-7,9-10,12H,8,14H2,1-3H3,(H,16,17)/t10-,12+/m0/s1. The van der Waals surface area contributed by atoms with Gasteiger partial charge in [-0.05, 0) is 37.0 Å². The number of pyridine rings is 1. The first-order valence-electron chi connectivity index (χ1n) is 5.96. The van der Waals surface area contributed by atoms with E-state index in [1.165, 1.54) is 0 Å². The minimum absolute atomic E-state index is 0.0382. The second kappa shape index (κ2) is 6.35. The van der Waals surface area contributed by atoms with Crippen LogP contribution in [-0.2, 0) is 4.79 Å². The smallest absolute Gasteiger partial charge is 0.237 e. The molecular formula is C13H21N3O. The van der Waals surface area contributed by atoms with E-state index in [1.807, 2.05) is 19.1 Å². The first kappa shape index (κ1) is 13.6. The van der Waals surface area contributed by atoms with Gasteiger partial charge in [0.15, 0.2) is 0 Å². The largest absolute Gasteiger partial charge is 0.348 e. The lowest BCUT2D eigenvalue weighted by Crippen LogP contribution is -2.42. The van der Waals surface area contributed by atoms with E-state index < -0.39 is 6.04 Å². The van der Waals surface area contributed by atoms with Crippen LogP contribution in [0, 0.1) is 5.92 Å². The van der Waals surface area contributed by atoms with Crippen molar-refractivity contribution < 1.29 is 4.79 Å². The molecule has 0 saturated heterocycles. The van der Waals surface area contributed by atoms with E-state index >= 15 is 0 Å². The number of nitrogens with zero attached hydrogens (tertiary/aromatic N) is 1. The quantitative estimate of drug-likeness (QED) is 0.815. The minimum atomic E-state index is -0.431. The maximum atomic E-state index is 11.8. The van der Waals surface area contributed by atoms with Crippen LogP contribution in [0.3, 0.4) is 0 Å². The van der Waals surface area contributed by atoms with Gasteiger partial charge in [0.25, 0.3) is 0 Å². The lowest BCUT2D eigenvalue weighted by atomic mass is 10.0. The SMILES string of the molecule is CC(C)C[C@@H](N)C(=O)N[C@@H](C)c1ccncc1. The topological polar surface area (TPSA) is 68.0 Å². The van der Waals surface area contributed by atoms with Crippen LogP contribution in [-0.4, -0.2) is 16.9 Å². The summed E-state index contributed by atoms with van der Waals surface area (Å²) in [7, 11) is 0. The highest BCUT2D eigenvalue weighted by Crippen LogP contribution is 2.11. The molecule has 0 unspecified atom stereocenters. The summed E-state index contributed by atoms with van der Waals surface area (Å²) in [5, 5.41) is 2.91. The number of nitrogens with one attached hydrogen (secondary N) is 1. The first-order chi connectivity index (χ1) is 8.00. The van der Waals surface area contributed by atoms with E-state index in [1.54, 1.807) is 12.4 Å². The fraction of sp³-hybridized carbons (Fsp3) is 0.538. The molecule has 0 aliphatic carbocycles. The molecule has 0 aliphatic rings. The second-order valence-corrected chi connectivity index (χ2v) is 4.75. The third-order valence-electron chi connectivity index (χ3n) is 2.63. The zero-order valence-electron chi connectivity index (χ0n) is 10.7. The van der Waals surface area contributed by atoms with Crippen molar-refractivity contribution in [3.05, 3.63) is 30.1 Å². The normalized spacial score (nSPS) is 14.4. The first-order valence-corrected chi connectivity index (χ1v) is 5.96. The molecule has 0 bridgehead atoms. The molecule has 94 valence electrons. The molecule has 0 fully saturated rings. The Morgan fingerprint density at radius 3 is 2.47 bits per heavy atom. The molecule has 4 heteroatoms. The number of aromatic nitrogens is 1. The number of rotatable bonds is 5. The van der Waals surface area contributed by atoms with Crippen molar-refractivity contribution in [3.8, 4) is 0 Å². The van der Waals surface area contributed by atoms with Crippen molar-refractivity contribution in [2.75, 3.05) is 0 Å². The summed E-state index contributed by atoms with van der Waals surface area (Å²) in [4.78, 5) is 15.8. The van der Waals surface area contributed by atoms with Gasteiger partial charge in [-0.1, -0.05) is 13.8 Å². The molecule has 1 aromatic rings. The van der Waals surface area contributed by atoms with Crippen LogP contribution in [0.25, 0.3) is 0 Å². The van der Waals surface area contributed by atoms with E-state index in [0.29, 0.717) is 12.3 Å². The van der Waals surface area contributed by atoms with E-state index in [-0.39, 0.29) is 11.9 Å². The van der Waals surface area contributed by atoms with Gasteiger partial charge in [-0.15, -0.1) is 0 Å². The highest BCUT2D eigenvalue weighted by Gasteiger charge is 2.17. The van der Waals surface area contributed by atoms with Gasteiger partial charge in [0.05, 0.1) is 12.1 Å². The predicted octanol–water partition coefficient (Wildman–Crippen LogP) is 1.63. The summed E-state index contributed by atoms with van der Waals surface area (Å²) in [5.41, 5.74) is 6.85. The number of hydrogen-bond donors (Lipinski definition) is 2. The molecular weight excluding hydrogens is 214 g/mol. The van der Waals surface area contributed by atoms with Gasteiger partial charge in [-0.25, -0.2) is 0 Å². The Morgan fingerprint density at radius 1 is 1.35 bits per heavy atom. The zero-order chi connectivity index (χ0) is 12.8. The van der Waals surface area contributed by atoms with Crippen LogP contribution in [0.15, 0.2) is 24.5 Å². The van der Waals surface area contributed by atoms with Crippen molar-refractivity contribution in [2.45, 2.75) is 39.3 Å². The van der Waals surface area contributed by atoms with Crippen LogP contribution in [0.5, 0.6) is 0 Å². The van der Waals surface area contributed by atoms with E-state index in [2.05, 4.69) is 24.1 Å². The number of nitrogens with two attached hydrogens (primary N) is 1. The van der Waals surface area contributed by atoms with Crippen LogP contribution < -0.4 is 11.1 Å². The predicted molar refractivity (Wildman–Crippen MR) is 68.2 cm³/mol. The van der Waals surface area contributed by atoms with E-state index in [0.717, 1.165) is 5.56 Å². The van der Waals surface area contributed by atoms with Crippen molar-refractivity contribution in [1.29, 1.82) is 0 Å². The fourth-order valence-electron chi connectivity index (χ4n) is 1.67. The van der Waals surface area contributed by atoms with Gasteiger partial charge in [0.1, 0.15) is 0 Å². The molecule has 1 heterocycles. The van der Waals surface area contributed by atoms with Crippen LogP contribution in [0.2, 0.25) is 0 Å². The van der Waals surface area contributed by atoms with Crippen molar-refractivity contribution >= 4 is 5.91 Å². The number of carbonyl (C=O) groups is 1. The molecule has 0 radical (unpaired) electrons. The maximum Gasteiger partial charge on any atom is 0.237 e. The van der Waals surface area contributed by atoms with Crippen LogP contribution in [0.1, 0.15) is 38.8 Å². The molecule has 0 aromatic carbocycles. The number of hydrogen-bond acceptors (Lipinski definition) is 3. The lowest BCUT2D eigenvalue weighted by molar-refractivity contribution is -0.123. The molecule has 3 N–H and O–H groups in total. The van der Waals surface area contributed by atoms with Crippen LogP contribution in [0.4, 0.5) is 0 Å². The van der Waals surface area contributed by atoms with E-state index in [4.69, 9.17) is 5.73 Å². The Kier molecular flexibility index (Phi) is 5.10. The number of carbonyl (C=O) groups excluding carboxylic acids is 1. The average Bonchev–Trinajstić information content (AvgIpc) is 2.29. The monoisotopic (exact) mass is 235 g/mol. The average molecular weight is 235 g/mol. The maximum absolute atomic E-state index is 11.8. The van der Waals surface area contributed by atoms with Gasteiger partial charge in [0, 0.05) is 12.4 Å². The molecule has 1 aromatic heterocycles. The lowest BCUT2D eigenvalue weighted by Gasteiger charge is -2.18. The van der Waals surface area contributed by atoms with Gasteiger partial charge in [0.2, 0.25) is 5.91 Å². The van der Waals surface area contributed by atoms with Gasteiger partial charge in [-0.3, -0.25) is 9.78 Å². The Labute approximate surface area is 103 Å². The Hall–Kier alpha value is -1.42. The fourth-order valence-corrected chi connectivity index (χ4v) is 1.67. The summed E-state index contributed by atoms with van der Waals surface area (Å²) in [5.74, 6) is 0.329. The molecule has 0 saturated carbocycles. The van der Waals surface area contributed by atoms with Gasteiger partial charge < -0.3 is 11.1 Å². The highest BCUT2D eigenvalue weighted by molar-refractivity contribution is 5.81. The third kappa shape index (κ3) is 4.53. The highest BCUT2D eigenvalue weighted by atomic mass is 16.2. The summed E-state index contributed by atoms with van der Waals surface area (Å²) >= 11 is 0. The Balaban J connectivity index is 2.51.